The Hall–Kier alpha value is -1.81. The Morgan fingerprint density at radius 3 is 2.58 bits per heavy atom. The van der Waals surface area contributed by atoms with Gasteiger partial charge in [0.25, 0.3) is 0 Å². The molecule has 4 heteroatoms. The quantitative estimate of drug-likeness (QED) is 0.767. The van der Waals surface area contributed by atoms with E-state index < -0.39 is 0 Å². The lowest BCUT2D eigenvalue weighted by Gasteiger charge is -2.65. The average Bonchev–Trinajstić information content (AvgIpc) is 2.96. The minimum absolute atomic E-state index is 0.0564. The third-order valence-electron chi connectivity index (χ3n) is 8.95. The lowest BCUT2D eigenvalue weighted by Crippen LogP contribution is -2.65. The normalized spacial score (nSPS) is 36.7. The van der Waals surface area contributed by atoms with Crippen molar-refractivity contribution in [2.45, 2.75) is 83.8 Å². The Labute approximate surface area is 186 Å². The first-order valence-corrected chi connectivity index (χ1v) is 12.3. The average molecular weight is 420 g/mol. The maximum absolute atomic E-state index is 13.3. The Kier molecular flexibility index (Phi) is 4.23. The molecule has 4 nitrogen and oxygen atoms in total. The molecule has 2 unspecified atom stereocenters. The van der Waals surface area contributed by atoms with Gasteiger partial charge in [-0.05, 0) is 74.0 Å². The molecule has 4 aliphatic carbocycles. The number of nitrogens with one attached hydrogen (secondary N) is 1. The third-order valence-corrected chi connectivity index (χ3v) is 8.95. The minimum atomic E-state index is 0.0564. The second-order valence-corrected chi connectivity index (χ2v) is 12.3. The maximum Gasteiger partial charge on any atom is 0.222 e. The fourth-order valence-electron chi connectivity index (χ4n) is 8.95. The van der Waals surface area contributed by atoms with Crippen LogP contribution in [-0.4, -0.2) is 34.5 Å². The molecule has 4 fully saturated rings. The van der Waals surface area contributed by atoms with E-state index in [0.29, 0.717) is 17.3 Å². The number of hydrogen-bond acceptors (Lipinski definition) is 2. The second kappa shape index (κ2) is 6.60. The SMILES string of the molecule is CN1CCc2c(c3ccccc3n2CCC(=O)NC23CC4CC(C)(CC(C)(C4)C2)C3)C1. The molecular formula is C27H37N3O. The van der Waals surface area contributed by atoms with Crippen LogP contribution in [0.3, 0.4) is 0 Å². The zero-order valence-corrected chi connectivity index (χ0v) is 19.5. The van der Waals surface area contributed by atoms with Crippen LogP contribution in [0.4, 0.5) is 0 Å². The van der Waals surface area contributed by atoms with Crippen molar-refractivity contribution in [1.29, 1.82) is 0 Å². The first kappa shape index (κ1) is 19.8. The molecular weight excluding hydrogens is 382 g/mol. The van der Waals surface area contributed by atoms with Crippen molar-refractivity contribution in [3.05, 3.63) is 35.5 Å². The van der Waals surface area contributed by atoms with Gasteiger partial charge in [-0.15, -0.1) is 0 Å². The van der Waals surface area contributed by atoms with E-state index in [-0.39, 0.29) is 11.4 Å². The molecule has 1 amide bonds. The molecule has 5 aliphatic rings. The molecule has 31 heavy (non-hydrogen) atoms. The number of amides is 1. The van der Waals surface area contributed by atoms with E-state index in [1.54, 1.807) is 0 Å². The van der Waals surface area contributed by atoms with Crippen molar-refractivity contribution < 1.29 is 4.79 Å². The Balaban J connectivity index is 1.22. The molecule has 4 saturated carbocycles. The Morgan fingerprint density at radius 1 is 1.10 bits per heavy atom. The number of aryl methyl sites for hydroxylation is 1. The number of rotatable bonds is 4. The number of benzene rings is 1. The summed E-state index contributed by atoms with van der Waals surface area (Å²) in [4.78, 5) is 15.7. The lowest BCUT2D eigenvalue weighted by atomic mass is 9.43. The molecule has 1 aromatic carbocycles. The summed E-state index contributed by atoms with van der Waals surface area (Å²) in [6.45, 7) is 7.85. The number of carbonyl (C=O) groups excluding carboxylic acids is 1. The molecule has 0 saturated heterocycles. The van der Waals surface area contributed by atoms with Gasteiger partial charge in [0, 0.05) is 54.6 Å². The molecule has 1 aliphatic heterocycles. The van der Waals surface area contributed by atoms with Crippen LogP contribution in [0.15, 0.2) is 24.3 Å². The van der Waals surface area contributed by atoms with Crippen LogP contribution in [0.2, 0.25) is 0 Å². The van der Waals surface area contributed by atoms with Gasteiger partial charge in [0.2, 0.25) is 5.91 Å². The molecule has 0 radical (unpaired) electrons. The summed E-state index contributed by atoms with van der Waals surface area (Å²) in [5.74, 6) is 1.07. The smallest absolute Gasteiger partial charge is 0.222 e. The molecule has 2 atom stereocenters. The van der Waals surface area contributed by atoms with Gasteiger partial charge in [0.1, 0.15) is 0 Å². The van der Waals surface area contributed by atoms with Crippen LogP contribution in [-0.2, 0) is 24.3 Å². The number of carbonyl (C=O) groups is 1. The van der Waals surface area contributed by atoms with Gasteiger partial charge in [-0.3, -0.25) is 4.79 Å². The summed E-state index contributed by atoms with van der Waals surface area (Å²) in [7, 11) is 2.20. The predicted molar refractivity (Wildman–Crippen MR) is 125 cm³/mol. The first-order chi connectivity index (χ1) is 14.8. The van der Waals surface area contributed by atoms with Crippen molar-refractivity contribution in [3.63, 3.8) is 0 Å². The number of likely N-dealkylation sites (N-methyl/N-ethyl adjacent to an activating group) is 1. The van der Waals surface area contributed by atoms with Gasteiger partial charge in [-0.2, -0.15) is 0 Å². The molecule has 1 N–H and O–H groups in total. The number of aromatic nitrogens is 1. The lowest BCUT2D eigenvalue weighted by molar-refractivity contribution is -0.139. The highest BCUT2D eigenvalue weighted by molar-refractivity contribution is 5.86. The summed E-state index contributed by atoms with van der Waals surface area (Å²) in [5.41, 5.74) is 5.13. The van der Waals surface area contributed by atoms with Crippen molar-refractivity contribution in [2.24, 2.45) is 16.7 Å². The summed E-state index contributed by atoms with van der Waals surface area (Å²) >= 11 is 0. The van der Waals surface area contributed by atoms with Gasteiger partial charge < -0.3 is 14.8 Å². The standard InChI is InChI=1S/C27H37N3O/c1-25-12-19-13-26(2,16-25)18-27(14-19,17-25)28-24(31)9-11-30-22-7-5-4-6-20(22)21-15-29(3)10-8-23(21)30/h4-7,19H,8-18H2,1-3H3,(H,28,31). The molecule has 4 bridgehead atoms. The van der Waals surface area contributed by atoms with Crippen LogP contribution >= 0.6 is 0 Å². The third kappa shape index (κ3) is 3.25. The van der Waals surface area contributed by atoms with Crippen LogP contribution in [0.1, 0.15) is 70.1 Å². The topological polar surface area (TPSA) is 37.3 Å². The molecule has 2 heterocycles. The van der Waals surface area contributed by atoms with Gasteiger partial charge in [-0.1, -0.05) is 32.0 Å². The van der Waals surface area contributed by atoms with Crippen molar-refractivity contribution >= 4 is 16.8 Å². The first-order valence-electron chi connectivity index (χ1n) is 12.3. The summed E-state index contributed by atoms with van der Waals surface area (Å²) in [6.07, 6.45) is 9.33. The second-order valence-electron chi connectivity index (χ2n) is 12.3. The van der Waals surface area contributed by atoms with Crippen LogP contribution in [0.25, 0.3) is 10.9 Å². The zero-order chi connectivity index (χ0) is 21.4. The molecule has 2 aromatic rings. The van der Waals surface area contributed by atoms with Crippen LogP contribution in [0.5, 0.6) is 0 Å². The van der Waals surface area contributed by atoms with E-state index in [9.17, 15) is 4.79 Å². The molecule has 166 valence electrons. The predicted octanol–water partition coefficient (Wildman–Crippen LogP) is 4.88. The van der Waals surface area contributed by atoms with Crippen LogP contribution < -0.4 is 5.32 Å². The van der Waals surface area contributed by atoms with E-state index >= 15 is 0 Å². The summed E-state index contributed by atoms with van der Waals surface area (Å²) < 4.78 is 2.44. The largest absolute Gasteiger partial charge is 0.351 e. The fraction of sp³-hybridized carbons (Fsp3) is 0.667. The Morgan fingerprint density at radius 2 is 1.84 bits per heavy atom. The molecule has 7 rings (SSSR count). The molecule has 1 aromatic heterocycles. The number of nitrogens with zero attached hydrogens (tertiary/aromatic N) is 2. The summed E-state index contributed by atoms with van der Waals surface area (Å²) in [5, 5.41) is 4.98. The van der Waals surface area contributed by atoms with Crippen molar-refractivity contribution in [1.82, 2.24) is 14.8 Å². The van der Waals surface area contributed by atoms with Gasteiger partial charge in [0.15, 0.2) is 0 Å². The number of hydrogen-bond donors (Lipinski definition) is 1. The van der Waals surface area contributed by atoms with E-state index in [1.807, 2.05) is 0 Å². The van der Waals surface area contributed by atoms with Crippen molar-refractivity contribution in [2.75, 3.05) is 13.6 Å². The fourth-order valence-corrected chi connectivity index (χ4v) is 8.95. The van der Waals surface area contributed by atoms with E-state index in [0.717, 1.165) is 32.0 Å². The van der Waals surface area contributed by atoms with Gasteiger partial charge >= 0.3 is 0 Å². The van der Waals surface area contributed by atoms with Gasteiger partial charge in [0.05, 0.1) is 0 Å². The number of fused-ring (bicyclic) bond motifs is 3. The maximum atomic E-state index is 13.3. The highest BCUT2D eigenvalue weighted by Crippen LogP contribution is 2.66. The Bertz CT molecular complexity index is 1030. The number of para-hydroxylation sites is 1. The van der Waals surface area contributed by atoms with Crippen molar-refractivity contribution in [3.8, 4) is 0 Å². The van der Waals surface area contributed by atoms with E-state index in [1.165, 1.54) is 60.7 Å². The monoisotopic (exact) mass is 419 g/mol. The zero-order valence-electron chi connectivity index (χ0n) is 19.5. The summed E-state index contributed by atoms with van der Waals surface area (Å²) in [6, 6.07) is 8.75. The van der Waals surface area contributed by atoms with Crippen LogP contribution in [0, 0.1) is 16.7 Å². The van der Waals surface area contributed by atoms with E-state index in [2.05, 4.69) is 59.9 Å². The highest BCUT2D eigenvalue weighted by atomic mass is 16.1. The highest BCUT2D eigenvalue weighted by Gasteiger charge is 2.60. The van der Waals surface area contributed by atoms with E-state index in [4.69, 9.17) is 0 Å². The molecule has 0 spiro atoms. The minimum Gasteiger partial charge on any atom is -0.351 e. The van der Waals surface area contributed by atoms with Gasteiger partial charge in [-0.25, -0.2) is 0 Å².